The second-order valence-corrected chi connectivity index (χ2v) is 7.56. The van der Waals surface area contributed by atoms with Gasteiger partial charge < -0.3 is 15.4 Å². The molecule has 26 heavy (non-hydrogen) atoms. The van der Waals surface area contributed by atoms with Gasteiger partial charge in [0.05, 0.1) is 28.6 Å². The van der Waals surface area contributed by atoms with Crippen LogP contribution in [0.15, 0.2) is 36.4 Å². The van der Waals surface area contributed by atoms with E-state index in [1.165, 1.54) is 0 Å². The zero-order chi connectivity index (χ0) is 18.3. The number of ether oxygens (including phenoxy) is 1. The van der Waals surface area contributed by atoms with E-state index in [1.807, 2.05) is 24.3 Å². The number of thiazole rings is 1. The molecule has 0 unspecified atom stereocenters. The molecule has 1 saturated carbocycles. The van der Waals surface area contributed by atoms with E-state index in [0.29, 0.717) is 11.4 Å². The lowest BCUT2D eigenvalue weighted by molar-refractivity contribution is 0.100. The third-order valence-corrected chi connectivity index (χ3v) is 6.28. The van der Waals surface area contributed by atoms with Crippen molar-refractivity contribution in [2.45, 2.75) is 24.8 Å². The number of fused-ring (bicyclic) bond motifs is 1. The van der Waals surface area contributed by atoms with Crippen molar-refractivity contribution in [3.8, 4) is 5.88 Å². The Morgan fingerprint density at radius 2 is 2.08 bits per heavy atom. The molecule has 6 nitrogen and oxygen atoms in total. The van der Waals surface area contributed by atoms with Gasteiger partial charge in [-0.05, 0) is 43.5 Å². The summed E-state index contributed by atoms with van der Waals surface area (Å²) in [4.78, 5) is 23.1. The van der Waals surface area contributed by atoms with E-state index in [0.717, 1.165) is 40.3 Å². The molecule has 2 aromatic heterocycles. The van der Waals surface area contributed by atoms with Crippen LogP contribution in [0.25, 0.3) is 10.2 Å². The van der Waals surface area contributed by atoms with Crippen molar-refractivity contribution in [1.82, 2.24) is 9.97 Å². The molecule has 1 amide bonds. The molecule has 0 atom stereocenters. The first-order valence-electron chi connectivity index (χ1n) is 8.49. The highest BCUT2D eigenvalue weighted by atomic mass is 32.1. The molecule has 134 valence electrons. The molecule has 1 fully saturated rings. The van der Waals surface area contributed by atoms with Crippen molar-refractivity contribution in [3.05, 3.63) is 47.7 Å². The first kappa shape index (κ1) is 16.8. The molecular weight excluding hydrogens is 348 g/mol. The van der Waals surface area contributed by atoms with Crippen LogP contribution in [0.4, 0.5) is 5.13 Å². The van der Waals surface area contributed by atoms with Crippen molar-refractivity contribution in [1.29, 1.82) is 0 Å². The van der Waals surface area contributed by atoms with Crippen LogP contribution in [0.1, 0.15) is 35.3 Å². The topological polar surface area (TPSA) is 81.3 Å². The molecule has 7 heteroatoms. The Balaban J connectivity index is 1.74. The Hall–Kier alpha value is -2.67. The van der Waals surface area contributed by atoms with Crippen molar-refractivity contribution >= 4 is 32.6 Å². The summed E-state index contributed by atoms with van der Waals surface area (Å²) >= 11 is 1.57. The molecule has 0 bridgehead atoms. The van der Waals surface area contributed by atoms with Crippen LogP contribution in [-0.2, 0) is 5.54 Å². The number of carbonyl (C=O) groups is 1. The molecule has 1 aliphatic carbocycles. The maximum absolute atomic E-state index is 11.4. The van der Waals surface area contributed by atoms with Gasteiger partial charge in [-0.15, -0.1) is 0 Å². The number of anilines is 1. The quantitative estimate of drug-likeness (QED) is 0.747. The highest BCUT2D eigenvalue weighted by Gasteiger charge is 2.45. The normalized spacial score (nSPS) is 15.5. The number of rotatable bonds is 5. The predicted octanol–water partition coefficient (Wildman–Crippen LogP) is 3.31. The molecule has 0 radical (unpaired) electrons. The number of nitrogens with two attached hydrogens (primary N) is 1. The average molecular weight is 368 g/mol. The maximum Gasteiger partial charge on any atom is 0.248 e. The summed E-state index contributed by atoms with van der Waals surface area (Å²) in [6, 6.07) is 11.3. The molecule has 1 aromatic carbocycles. The SMILES string of the molecule is COc1cccc(C2(N(C)c3nc4ccc(C(N)=O)cc4s3)CCC2)n1. The van der Waals surface area contributed by atoms with Gasteiger partial charge in [0, 0.05) is 18.7 Å². The summed E-state index contributed by atoms with van der Waals surface area (Å²) in [5, 5.41) is 0.908. The Morgan fingerprint density at radius 1 is 1.27 bits per heavy atom. The van der Waals surface area contributed by atoms with E-state index in [1.54, 1.807) is 24.5 Å². The maximum atomic E-state index is 11.4. The van der Waals surface area contributed by atoms with Crippen molar-refractivity contribution < 1.29 is 9.53 Å². The minimum Gasteiger partial charge on any atom is -0.481 e. The van der Waals surface area contributed by atoms with E-state index in [-0.39, 0.29) is 5.54 Å². The molecule has 0 saturated heterocycles. The number of pyridine rings is 1. The smallest absolute Gasteiger partial charge is 0.248 e. The molecule has 0 spiro atoms. The predicted molar refractivity (Wildman–Crippen MR) is 103 cm³/mol. The van der Waals surface area contributed by atoms with Crippen LogP contribution in [0.3, 0.4) is 0 Å². The van der Waals surface area contributed by atoms with E-state index >= 15 is 0 Å². The number of primary amides is 1. The molecule has 2 heterocycles. The van der Waals surface area contributed by atoms with Gasteiger partial charge in [-0.2, -0.15) is 0 Å². The first-order valence-corrected chi connectivity index (χ1v) is 9.31. The zero-order valence-corrected chi connectivity index (χ0v) is 15.5. The number of amides is 1. The van der Waals surface area contributed by atoms with Gasteiger partial charge in [0.1, 0.15) is 0 Å². The highest BCUT2D eigenvalue weighted by Crippen LogP contribution is 2.48. The number of carbonyl (C=O) groups excluding carboxylic acids is 1. The van der Waals surface area contributed by atoms with Gasteiger partial charge in [0.2, 0.25) is 11.8 Å². The number of methoxy groups -OCH3 is 1. The molecule has 0 aliphatic heterocycles. The van der Waals surface area contributed by atoms with Gasteiger partial charge in [0.25, 0.3) is 0 Å². The lowest BCUT2D eigenvalue weighted by Gasteiger charge is -2.48. The fourth-order valence-electron chi connectivity index (χ4n) is 3.46. The van der Waals surface area contributed by atoms with Crippen LogP contribution in [0.2, 0.25) is 0 Å². The molecule has 2 N–H and O–H groups in total. The van der Waals surface area contributed by atoms with Crippen LogP contribution in [-0.4, -0.2) is 30.0 Å². The second kappa shape index (κ2) is 6.25. The van der Waals surface area contributed by atoms with E-state index in [2.05, 4.69) is 23.0 Å². The molecule has 4 rings (SSSR count). The summed E-state index contributed by atoms with van der Waals surface area (Å²) < 4.78 is 6.26. The van der Waals surface area contributed by atoms with E-state index in [9.17, 15) is 4.79 Å². The van der Waals surface area contributed by atoms with Gasteiger partial charge >= 0.3 is 0 Å². The minimum absolute atomic E-state index is 0.172. The van der Waals surface area contributed by atoms with Gasteiger partial charge in [0.15, 0.2) is 5.13 Å². The number of benzene rings is 1. The standard InChI is InChI=1S/C19H20N4O2S/c1-23(18-21-13-8-7-12(17(20)24)11-14(13)26-18)19(9-4-10-19)15-5-3-6-16(22-15)25-2/h3,5-8,11H,4,9-10H2,1-2H3,(H2,20,24). The summed E-state index contributed by atoms with van der Waals surface area (Å²) in [7, 11) is 3.69. The largest absolute Gasteiger partial charge is 0.481 e. The Labute approximate surface area is 155 Å². The number of hydrogen-bond acceptors (Lipinski definition) is 6. The van der Waals surface area contributed by atoms with Gasteiger partial charge in [-0.1, -0.05) is 17.4 Å². The second-order valence-electron chi connectivity index (χ2n) is 6.55. The van der Waals surface area contributed by atoms with Crippen LogP contribution < -0.4 is 15.4 Å². The summed E-state index contributed by atoms with van der Waals surface area (Å²) in [5.41, 5.74) is 7.59. The van der Waals surface area contributed by atoms with Crippen molar-refractivity contribution in [2.24, 2.45) is 5.73 Å². The lowest BCUT2D eigenvalue weighted by atomic mass is 9.73. The first-order chi connectivity index (χ1) is 12.5. The summed E-state index contributed by atoms with van der Waals surface area (Å²) in [5.74, 6) is 0.198. The molecular formula is C19H20N4O2S. The monoisotopic (exact) mass is 368 g/mol. The van der Waals surface area contributed by atoms with Crippen molar-refractivity contribution in [3.63, 3.8) is 0 Å². The third-order valence-electron chi connectivity index (χ3n) is 5.18. The lowest BCUT2D eigenvalue weighted by Crippen LogP contribution is -2.50. The van der Waals surface area contributed by atoms with Crippen molar-refractivity contribution in [2.75, 3.05) is 19.1 Å². The summed E-state index contributed by atoms with van der Waals surface area (Å²) in [6.45, 7) is 0. The number of nitrogens with zero attached hydrogens (tertiary/aromatic N) is 3. The fourth-order valence-corrected chi connectivity index (χ4v) is 4.51. The number of aromatic nitrogens is 2. The third kappa shape index (κ3) is 2.59. The zero-order valence-electron chi connectivity index (χ0n) is 14.7. The average Bonchev–Trinajstić information content (AvgIpc) is 3.04. The van der Waals surface area contributed by atoms with Gasteiger partial charge in [-0.3, -0.25) is 4.79 Å². The highest BCUT2D eigenvalue weighted by molar-refractivity contribution is 7.22. The minimum atomic E-state index is -0.425. The van der Waals surface area contributed by atoms with E-state index < -0.39 is 5.91 Å². The summed E-state index contributed by atoms with van der Waals surface area (Å²) in [6.07, 6.45) is 3.19. The Bertz CT molecular complexity index is 981. The Morgan fingerprint density at radius 3 is 2.73 bits per heavy atom. The Kier molecular flexibility index (Phi) is 4.03. The van der Waals surface area contributed by atoms with Crippen LogP contribution >= 0.6 is 11.3 Å². The molecule has 3 aromatic rings. The number of hydrogen-bond donors (Lipinski definition) is 1. The van der Waals surface area contributed by atoms with Crippen LogP contribution in [0.5, 0.6) is 5.88 Å². The molecule has 1 aliphatic rings. The van der Waals surface area contributed by atoms with Crippen LogP contribution in [0, 0.1) is 0 Å². The van der Waals surface area contributed by atoms with Gasteiger partial charge in [-0.25, -0.2) is 9.97 Å². The van der Waals surface area contributed by atoms with E-state index in [4.69, 9.17) is 15.5 Å². The fraction of sp³-hybridized carbons (Fsp3) is 0.316.